The van der Waals surface area contributed by atoms with E-state index in [1.165, 1.54) is 4.90 Å². The summed E-state index contributed by atoms with van der Waals surface area (Å²) < 4.78 is 27.1. The van der Waals surface area contributed by atoms with E-state index in [-0.39, 0.29) is 6.54 Å². The number of para-hydroxylation sites is 1. The summed E-state index contributed by atoms with van der Waals surface area (Å²) in [6.45, 7) is 2.05. The Hall–Kier alpha value is -3.16. The molecule has 1 fully saturated rings. The smallest absolute Gasteiger partial charge is 0.274 e. The Morgan fingerprint density at radius 2 is 1.59 bits per heavy atom. The molecule has 2 amide bonds. The molecule has 1 spiro atoms. The Bertz CT molecular complexity index is 1350. The van der Waals surface area contributed by atoms with E-state index in [4.69, 9.17) is 11.6 Å². The number of carbonyl (C=O) groups excluding carboxylic acids is 2. The Balaban J connectivity index is 1.72. The first-order chi connectivity index (χ1) is 15.3. The van der Waals surface area contributed by atoms with Crippen molar-refractivity contribution in [2.75, 3.05) is 15.6 Å². The molecule has 1 unspecified atom stereocenters. The highest BCUT2D eigenvalue weighted by molar-refractivity contribution is 7.94. The van der Waals surface area contributed by atoms with Gasteiger partial charge >= 0.3 is 0 Å². The number of benzene rings is 3. The van der Waals surface area contributed by atoms with E-state index in [0.717, 1.165) is 16.0 Å². The van der Waals surface area contributed by atoms with Gasteiger partial charge in [0, 0.05) is 16.3 Å². The molecule has 1 atom stereocenters. The molecule has 0 radical (unpaired) electrons. The number of amides is 2. The van der Waals surface area contributed by atoms with E-state index < -0.39 is 32.3 Å². The number of rotatable bonds is 3. The minimum absolute atomic E-state index is 0.153. The lowest BCUT2D eigenvalue weighted by Crippen LogP contribution is -2.54. The Morgan fingerprint density at radius 1 is 0.938 bits per heavy atom. The highest BCUT2D eigenvalue weighted by atomic mass is 35.5. The van der Waals surface area contributed by atoms with Gasteiger partial charge in [0.2, 0.25) is 5.91 Å². The summed E-state index contributed by atoms with van der Waals surface area (Å²) in [6, 6.07) is 20.7. The van der Waals surface area contributed by atoms with E-state index in [2.05, 4.69) is 0 Å². The molecule has 5 rings (SSSR count). The molecular formula is C24H19ClN2O4S. The van der Waals surface area contributed by atoms with Crippen LogP contribution in [0.3, 0.4) is 0 Å². The van der Waals surface area contributed by atoms with Crippen LogP contribution in [-0.2, 0) is 30.8 Å². The molecule has 2 aliphatic heterocycles. The van der Waals surface area contributed by atoms with Crippen LogP contribution >= 0.6 is 11.6 Å². The third-order valence-corrected chi connectivity index (χ3v) is 8.33. The van der Waals surface area contributed by atoms with Crippen molar-refractivity contribution in [1.29, 1.82) is 0 Å². The summed E-state index contributed by atoms with van der Waals surface area (Å²) in [5.41, 5.74) is 2.89. The van der Waals surface area contributed by atoms with Crippen LogP contribution in [0.15, 0.2) is 72.8 Å². The average molecular weight is 467 g/mol. The van der Waals surface area contributed by atoms with Crippen molar-refractivity contribution in [2.45, 2.75) is 18.3 Å². The zero-order valence-electron chi connectivity index (χ0n) is 17.2. The van der Waals surface area contributed by atoms with Crippen LogP contribution in [0.4, 0.5) is 11.4 Å². The van der Waals surface area contributed by atoms with Crippen LogP contribution < -0.4 is 9.80 Å². The zero-order chi connectivity index (χ0) is 22.7. The largest absolute Gasteiger partial charge is 0.304 e. The molecule has 0 N–H and O–H groups in total. The molecule has 1 saturated heterocycles. The summed E-state index contributed by atoms with van der Waals surface area (Å²) in [6.07, 6.45) is 0. The minimum Gasteiger partial charge on any atom is -0.304 e. The first kappa shape index (κ1) is 20.7. The number of sulfone groups is 1. The van der Waals surface area contributed by atoms with Gasteiger partial charge < -0.3 is 4.90 Å². The Labute approximate surface area is 190 Å². The summed E-state index contributed by atoms with van der Waals surface area (Å²) in [4.78, 5) is 27.5. The van der Waals surface area contributed by atoms with Crippen molar-refractivity contribution in [3.8, 4) is 0 Å². The predicted molar refractivity (Wildman–Crippen MR) is 123 cm³/mol. The number of anilines is 2. The van der Waals surface area contributed by atoms with E-state index >= 15 is 0 Å². The first-order valence-electron chi connectivity index (χ1n) is 10.0. The highest BCUT2D eigenvalue weighted by Gasteiger charge is 2.69. The summed E-state index contributed by atoms with van der Waals surface area (Å²) in [5, 5.41) is 0.563. The Morgan fingerprint density at radius 3 is 2.28 bits per heavy atom. The van der Waals surface area contributed by atoms with E-state index in [0.29, 0.717) is 22.0 Å². The summed E-state index contributed by atoms with van der Waals surface area (Å²) in [5.74, 6) is -2.00. The maximum atomic E-state index is 14.0. The fourth-order valence-corrected chi connectivity index (χ4v) is 6.67. The minimum atomic E-state index is -4.17. The molecule has 0 aromatic heterocycles. The fourth-order valence-electron chi connectivity index (χ4n) is 4.51. The highest BCUT2D eigenvalue weighted by Crippen LogP contribution is 2.52. The second-order valence-electron chi connectivity index (χ2n) is 8.00. The van der Waals surface area contributed by atoms with Gasteiger partial charge in [0.1, 0.15) is 5.75 Å². The molecule has 8 heteroatoms. The van der Waals surface area contributed by atoms with Gasteiger partial charge in [-0.2, -0.15) is 0 Å². The van der Waals surface area contributed by atoms with Crippen LogP contribution in [0.25, 0.3) is 0 Å². The summed E-state index contributed by atoms with van der Waals surface area (Å²) >= 11 is 5.98. The molecular weight excluding hydrogens is 448 g/mol. The average Bonchev–Trinajstić information content (AvgIpc) is 3.13. The molecule has 2 heterocycles. The lowest BCUT2D eigenvalue weighted by molar-refractivity contribution is -0.123. The fraction of sp³-hybridized carbons (Fsp3) is 0.167. The van der Waals surface area contributed by atoms with E-state index in [1.807, 2.05) is 6.92 Å². The molecule has 3 aromatic carbocycles. The summed E-state index contributed by atoms with van der Waals surface area (Å²) in [7, 11) is -4.17. The monoisotopic (exact) mass is 466 g/mol. The van der Waals surface area contributed by atoms with Crippen LogP contribution in [-0.4, -0.2) is 26.0 Å². The van der Waals surface area contributed by atoms with Gasteiger partial charge in [0.15, 0.2) is 9.84 Å². The standard InChI is InChI=1S/C24H19ClN2O4S/c1-16-6-12-19(13-7-16)27-22(28)15-32(30,31)24(27)20-4-2-3-5-21(20)26(23(24)29)14-17-8-10-18(25)11-9-17/h2-13H,14-15H2,1H3. The number of halogens is 1. The van der Waals surface area contributed by atoms with Gasteiger partial charge in [-0.15, -0.1) is 0 Å². The molecule has 0 saturated carbocycles. The lowest BCUT2D eigenvalue weighted by atomic mass is 10.0. The molecule has 0 aliphatic carbocycles. The Kier molecular flexibility index (Phi) is 4.65. The van der Waals surface area contributed by atoms with E-state index in [1.54, 1.807) is 72.8 Å². The molecule has 6 nitrogen and oxygen atoms in total. The second-order valence-corrected chi connectivity index (χ2v) is 10.5. The third kappa shape index (κ3) is 2.81. The molecule has 0 bridgehead atoms. The van der Waals surface area contributed by atoms with Gasteiger partial charge in [-0.25, -0.2) is 8.42 Å². The maximum absolute atomic E-state index is 14.0. The van der Waals surface area contributed by atoms with Crippen LogP contribution in [0, 0.1) is 6.92 Å². The lowest BCUT2D eigenvalue weighted by Gasteiger charge is -2.32. The maximum Gasteiger partial charge on any atom is 0.274 e. The van der Waals surface area contributed by atoms with Crippen LogP contribution in [0.2, 0.25) is 5.02 Å². The van der Waals surface area contributed by atoms with Crippen molar-refractivity contribution in [3.05, 3.63) is 94.5 Å². The molecule has 2 aliphatic rings. The SMILES string of the molecule is Cc1ccc(N2C(=O)CS(=O)(=O)C23C(=O)N(Cc2ccc(Cl)cc2)c2ccccc23)cc1. The molecule has 32 heavy (non-hydrogen) atoms. The third-order valence-electron chi connectivity index (χ3n) is 5.97. The molecule has 162 valence electrons. The zero-order valence-corrected chi connectivity index (χ0v) is 18.7. The predicted octanol–water partition coefficient (Wildman–Crippen LogP) is 3.81. The van der Waals surface area contributed by atoms with Crippen molar-refractivity contribution in [1.82, 2.24) is 0 Å². The second kappa shape index (κ2) is 7.18. The van der Waals surface area contributed by atoms with Gasteiger partial charge in [-0.3, -0.25) is 14.5 Å². The van der Waals surface area contributed by atoms with Crippen molar-refractivity contribution >= 4 is 44.6 Å². The number of carbonyl (C=O) groups is 2. The van der Waals surface area contributed by atoms with Crippen LogP contribution in [0.5, 0.6) is 0 Å². The number of hydrogen-bond acceptors (Lipinski definition) is 4. The quantitative estimate of drug-likeness (QED) is 0.588. The van der Waals surface area contributed by atoms with Gasteiger partial charge in [0.05, 0.1) is 12.2 Å². The van der Waals surface area contributed by atoms with Crippen LogP contribution in [0.1, 0.15) is 16.7 Å². The first-order valence-corrected chi connectivity index (χ1v) is 12.1. The normalized spacial score (nSPS) is 21.4. The topological polar surface area (TPSA) is 74.8 Å². The van der Waals surface area contributed by atoms with Gasteiger partial charge in [0.25, 0.3) is 10.8 Å². The van der Waals surface area contributed by atoms with Gasteiger partial charge in [-0.05, 0) is 42.8 Å². The van der Waals surface area contributed by atoms with Crippen molar-refractivity contribution < 1.29 is 18.0 Å². The number of hydrogen-bond donors (Lipinski definition) is 0. The molecule has 3 aromatic rings. The number of fused-ring (bicyclic) bond motifs is 2. The van der Waals surface area contributed by atoms with Crippen molar-refractivity contribution in [2.24, 2.45) is 0 Å². The number of nitrogens with zero attached hydrogens (tertiary/aromatic N) is 2. The van der Waals surface area contributed by atoms with Crippen molar-refractivity contribution in [3.63, 3.8) is 0 Å². The van der Waals surface area contributed by atoms with E-state index in [9.17, 15) is 18.0 Å². The van der Waals surface area contributed by atoms with Gasteiger partial charge in [-0.1, -0.05) is 59.6 Å². The number of aryl methyl sites for hydroxylation is 1.